The topological polar surface area (TPSA) is 50.2 Å². The maximum atomic E-state index is 12.7. The van der Waals surface area contributed by atoms with Gasteiger partial charge in [0, 0.05) is 6.20 Å². The average molecular weight is 243 g/mol. The van der Waals surface area contributed by atoms with Gasteiger partial charge in [-0.1, -0.05) is 18.2 Å². The highest BCUT2D eigenvalue weighted by Gasteiger charge is 2.01. The van der Waals surface area contributed by atoms with Gasteiger partial charge in [0.1, 0.15) is 5.82 Å². The number of aromatic carboxylic acids is 1. The molecule has 0 aliphatic carbocycles. The summed E-state index contributed by atoms with van der Waals surface area (Å²) in [5.41, 5.74) is 1.64. The van der Waals surface area contributed by atoms with Gasteiger partial charge in [-0.05, 0) is 35.9 Å². The van der Waals surface area contributed by atoms with E-state index >= 15 is 0 Å². The molecule has 1 N–H and O–H groups in total. The minimum Gasteiger partial charge on any atom is -0.478 e. The molecule has 0 saturated heterocycles. The van der Waals surface area contributed by atoms with E-state index in [1.54, 1.807) is 30.4 Å². The molecule has 2 rings (SSSR count). The number of hydrogen-bond donors (Lipinski definition) is 1. The first kappa shape index (κ1) is 12.0. The van der Waals surface area contributed by atoms with Crippen molar-refractivity contribution in [3.05, 3.63) is 65.2 Å². The van der Waals surface area contributed by atoms with Gasteiger partial charge in [0.05, 0.1) is 11.3 Å². The Morgan fingerprint density at radius 2 is 1.83 bits per heavy atom. The van der Waals surface area contributed by atoms with Crippen LogP contribution in [0.25, 0.3) is 12.2 Å². The molecule has 0 amide bonds. The van der Waals surface area contributed by atoms with Crippen molar-refractivity contribution in [2.75, 3.05) is 0 Å². The van der Waals surface area contributed by atoms with E-state index in [4.69, 9.17) is 5.11 Å². The van der Waals surface area contributed by atoms with Crippen LogP contribution in [0.4, 0.5) is 4.39 Å². The standard InChI is InChI=1S/C14H10FNO2/c15-12-5-1-10(2-6-12)3-7-13-8-4-11(9-16-13)14(17)18/h1-9H,(H,17,18). The Hall–Kier alpha value is -2.49. The van der Waals surface area contributed by atoms with Gasteiger partial charge in [0.25, 0.3) is 0 Å². The fourth-order valence-electron chi connectivity index (χ4n) is 1.39. The molecule has 4 heteroatoms. The SMILES string of the molecule is O=C(O)c1ccc(C=Cc2ccc(F)cc2)nc1. The van der Waals surface area contributed by atoms with Crippen LogP contribution >= 0.6 is 0 Å². The van der Waals surface area contributed by atoms with Crippen molar-refractivity contribution < 1.29 is 14.3 Å². The van der Waals surface area contributed by atoms with Gasteiger partial charge < -0.3 is 5.11 Å². The Bertz CT molecular complexity index is 574. The highest BCUT2D eigenvalue weighted by atomic mass is 19.1. The third-order valence-corrected chi connectivity index (χ3v) is 2.35. The average Bonchev–Trinajstić information content (AvgIpc) is 2.38. The molecule has 0 unspecified atom stereocenters. The first-order chi connectivity index (χ1) is 8.65. The quantitative estimate of drug-likeness (QED) is 0.901. The van der Waals surface area contributed by atoms with Crippen molar-refractivity contribution in [1.82, 2.24) is 4.98 Å². The number of carboxylic acids is 1. The van der Waals surface area contributed by atoms with Gasteiger partial charge in [0.15, 0.2) is 0 Å². The lowest BCUT2D eigenvalue weighted by Crippen LogP contribution is -1.96. The van der Waals surface area contributed by atoms with Gasteiger partial charge in [-0.15, -0.1) is 0 Å². The summed E-state index contributed by atoms with van der Waals surface area (Å²) in [5, 5.41) is 8.72. The molecule has 2 aromatic rings. The maximum absolute atomic E-state index is 12.7. The molecule has 3 nitrogen and oxygen atoms in total. The normalized spacial score (nSPS) is 10.7. The molecule has 0 aliphatic rings. The minimum absolute atomic E-state index is 0.147. The van der Waals surface area contributed by atoms with E-state index in [0.717, 1.165) is 5.56 Å². The summed E-state index contributed by atoms with van der Waals surface area (Å²) in [7, 11) is 0. The number of benzene rings is 1. The second-order valence-electron chi connectivity index (χ2n) is 3.66. The number of hydrogen-bond acceptors (Lipinski definition) is 2. The molecule has 0 aliphatic heterocycles. The molecule has 1 heterocycles. The Morgan fingerprint density at radius 3 is 2.39 bits per heavy atom. The fraction of sp³-hybridized carbons (Fsp3) is 0. The van der Waals surface area contributed by atoms with E-state index in [-0.39, 0.29) is 11.4 Å². The second kappa shape index (κ2) is 5.23. The number of nitrogens with zero attached hydrogens (tertiary/aromatic N) is 1. The molecule has 0 fully saturated rings. The molecule has 1 aromatic carbocycles. The molecule has 18 heavy (non-hydrogen) atoms. The molecule has 0 radical (unpaired) electrons. The number of rotatable bonds is 3. The van der Waals surface area contributed by atoms with Crippen LogP contribution in [-0.2, 0) is 0 Å². The van der Waals surface area contributed by atoms with Crippen LogP contribution in [0, 0.1) is 5.82 Å². The maximum Gasteiger partial charge on any atom is 0.337 e. The van der Waals surface area contributed by atoms with Crippen molar-refractivity contribution in [1.29, 1.82) is 0 Å². The lowest BCUT2D eigenvalue weighted by molar-refractivity contribution is 0.0696. The van der Waals surface area contributed by atoms with E-state index in [1.807, 2.05) is 0 Å². The highest BCUT2D eigenvalue weighted by molar-refractivity contribution is 5.87. The highest BCUT2D eigenvalue weighted by Crippen LogP contribution is 2.08. The number of halogens is 1. The summed E-state index contributed by atoms with van der Waals surface area (Å²) in [4.78, 5) is 14.6. The van der Waals surface area contributed by atoms with Crippen LogP contribution in [0.3, 0.4) is 0 Å². The number of carbonyl (C=O) groups is 1. The summed E-state index contributed by atoms with van der Waals surface area (Å²) < 4.78 is 12.7. The van der Waals surface area contributed by atoms with Crippen molar-refractivity contribution >= 4 is 18.1 Å². The first-order valence-corrected chi connectivity index (χ1v) is 5.28. The Kier molecular flexibility index (Phi) is 3.48. The molecular formula is C14H10FNO2. The predicted molar refractivity (Wildman–Crippen MR) is 66.5 cm³/mol. The van der Waals surface area contributed by atoms with Gasteiger partial charge in [-0.2, -0.15) is 0 Å². The van der Waals surface area contributed by atoms with Crippen molar-refractivity contribution in [3.63, 3.8) is 0 Å². The number of aromatic nitrogens is 1. The predicted octanol–water partition coefficient (Wildman–Crippen LogP) is 3.09. The Labute approximate surface area is 103 Å². The van der Waals surface area contributed by atoms with E-state index in [9.17, 15) is 9.18 Å². The second-order valence-corrected chi connectivity index (χ2v) is 3.66. The summed E-state index contributed by atoms with van der Waals surface area (Å²) >= 11 is 0. The van der Waals surface area contributed by atoms with Crippen LogP contribution in [-0.4, -0.2) is 16.1 Å². The third-order valence-electron chi connectivity index (χ3n) is 2.35. The van der Waals surface area contributed by atoms with Crippen LogP contribution in [0.15, 0.2) is 42.6 Å². The van der Waals surface area contributed by atoms with Crippen LogP contribution in [0.2, 0.25) is 0 Å². The van der Waals surface area contributed by atoms with Gasteiger partial charge in [-0.3, -0.25) is 4.98 Å². The monoisotopic (exact) mass is 243 g/mol. The fourth-order valence-corrected chi connectivity index (χ4v) is 1.39. The Morgan fingerprint density at radius 1 is 1.11 bits per heavy atom. The zero-order valence-corrected chi connectivity index (χ0v) is 9.38. The zero-order chi connectivity index (χ0) is 13.0. The molecule has 0 bridgehead atoms. The van der Waals surface area contributed by atoms with E-state index < -0.39 is 5.97 Å². The van der Waals surface area contributed by atoms with Crippen molar-refractivity contribution in [3.8, 4) is 0 Å². The number of carboxylic acid groups (broad SMARTS) is 1. The summed E-state index contributed by atoms with van der Waals surface area (Å²) in [6, 6.07) is 9.15. The molecule has 0 atom stereocenters. The van der Waals surface area contributed by atoms with Crippen LogP contribution in [0.1, 0.15) is 21.6 Å². The smallest absolute Gasteiger partial charge is 0.337 e. The van der Waals surface area contributed by atoms with E-state index in [1.165, 1.54) is 24.4 Å². The Balaban J connectivity index is 2.13. The van der Waals surface area contributed by atoms with E-state index in [0.29, 0.717) is 5.69 Å². The summed E-state index contributed by atoms with van der Waals surface area (Å²) in [6.45, 7) is 0. The summed E-state index contributed by atoms with van der Waals surface area (Å²) in [5.74, 6) is -1.28. The molecular weight excluding hydrogens is 233 g/mol. The van der Waals surface area contributed by atoms with Crippen LogP contribution in [0.5, 0.6) is 0 Å². The summed E-state index contributed by atoms with van der Waals surface area (Å²) in [6.07, 6.45) is 4.81. The van der Waals surface area contributed by atoms with Gasteiger partial charge in [-0.25, -0.2) is 9.18 Å². The molecule has 1 aromatic heterocycles. The van der Waals surface area contributed by atoms with Gasteiger partial charge in [0.2, 0.25) is 0 Å². The van der Waals surface area contributed by atoms with Crippen LogP contribution < -0.4 is 0 Å². The molecule has 90 valence electrons. The molecule has 0 spiro atoms. The lowest BCUT2D eigenvalue weighted by atomic mass is 10.2. The minimum atomic E-state index is -1.00. The molecule has 0 saturated carbocycles. The third kappa shape index (κ3) is 3.01. The zero-order valence-electron chi connectivity index (χ0n) is 9.38. The lowest BCUT2D eigenvalue weighted by Gasteiger charge is -1.96. The van der Waals surface area contributed by atoms with Gasteiger partial charge >= 0.3 is 5.97 Å². The number of pyridine rings is 1. The van der Waals surface area contributed by atoms with Crippen molar-refractivity contribution in [2.24, 2.45) is 0 Å². The van der Waals surface area contributed by atoms with E-state index in [2.05, 4.69) is 4.98 Å². The first-order valence-electron chi connectivity index (χ1n) is 5.28. The van der Waals surface area contributed by atoms with Crippen molar-refractivity contribution in [2.45, 2.75) is 0 Å². The largest absolute Gasteiger partial charge is 0.478 e.